The molecule has 3 N–H and O–H groups in total. The van der Waals surface area contributed by atoms with Crippen LogP contribution < -0.4 is 5.73 Å². The number of hydrogen-bond acceptors (Lipinski definition) is 3. The van der Waals surface area contributed by atoms with E-state index in [9.17, 15) is 13.8 Å². The van der Waals surface area contributed by atoms with Gasteiger partial charge in [-0.05, 0) is 11.6 Å². The molecule has 0 aliphatic heterocycles. The van der Waals surface area contributed by atoms with Crippen molar-refractivity contribution in [1.29, 1.82) is 0 Å². The predicted octanol–water partition coefficient (Wildman–Crippen LogP) is 0.755. The lowest BCUT2D eigenvalue weighted by atomic mass is 10.1. The van der Waals surface area contributed by atoms with Gasteiger partial charge >= 0.3 is 5.97 Å². The largest absolute Gasteiger partial charge is 0.481 e. The van der Waals surface area contributed by atoms with Gasteiger partial charge in [0.25, 0.3) is 0 Å². The first-order chi connectivity index (χ1) is 8.41. The molecule has 0 heterocycles. The van der Waals surface area contributed by atoms with Crippen LogP contribution in [0.15, 0.2) is 24.3 Å². The fraction of sp³-hybridized carbons (Fsp3) is 0.333. The standard InChI is InChI=1S/C12H15NO4S/c1-8(12(15)16)6-18(17)7-9-4-2-3-5-10(9)11(13)14/h2-5,8H,6-7H2,1H3,(H2,13,14)(H,15,16). The van der Waals surface area contributed by atoms with Crippen LogP contribution in [0.3, 0.4) is 0 Å². The van der Waals surface area contributed by atoms with Crippen molar-refractivity contribution >= 4 is 22.7 Å². The average Bonchev–Trinajstić information content (AvgIpc) is 2.28. The maximum absolute atomic E-state index is 11.8. The number of carbonyl (C=O) groups is 2. The van der Waals surface area contributed by atoms with Crippen molar-refractivity contribution < 1.29 is 18.9 Å². The Morgan fingerprint density at radius 1 is 1.39 bits per heavy atom. The third kappa shape index (κ3) is 3.96. The molecular formula is C12H15NO4S. The van der Waals surface area contributed by atoms with E-state index < -0.39 is 28.6 Å². The van der Waals surface area contributed by atoms with Crippen molar-refractivity contribution in [2.24, 2.45) is 11.7 Å². The van der Waals surface area contributed by atoms with Gasteiger partial charge < -0.3 is 10.8 Å². The Morgan fingerprint density at radius 2 is 2.00 bits per heavy atom. The molecule has 0 bridgehead atoms. The van der Waals surface area contributed by atoms with Gasteiger partial charge in [0.1, 0.15) is 0 Å². The summed E-state index contributed by atoms with van der Waals surface area (Å²) in [5.41, 5.74) is 6.12. The zero-order valence-electron chi connectivity index (χ0n) is 9.96. The SMILES string of the molecule is CC(CS(=O)Cc1ccccc1C(N)=O)C(=O)O. The van der Waals surface area contributed by atoms with Gasteiger partial charge in [0.2, 0.25) is 5.91 Å². The summed E-state index contributed by atoms with van der Waals surface area (Å²) in [6.07, 6.45) is 0. The molecule has 1 aromatic rings. The zero-order valence-corrected chi connectivity index (χ0v) is 10.8. The monoisotopic (exact) mass is 269 g/mol. The van der Waals surface area contributed by atoms with E-state index in [0.29, 0.717) is 11.1 Å². The lowest BCUT2D eigenvalue weighted by molar-refractivity contribution is -0.140. The molecular weight excluding hydrogens is 254 g/mol. The summed E-state index contributed by atoms with van der Waals surface area (Å²) < 4.78 is 11.8. The van der Waals surface area contributed by atoms with Crippen LogP contribution in [0.1, 0.15) is 22.8 Å². The Balaban J connectivity index is 2.76. The van der Waals surface area contributed by atoms with Crippen LogP contribution in [0.25, 0.3) is 0 Å². The van der Waals surface area contributed by atoms with Crippen molar-refractivity contribution in [2.45, 2.75) is 12.7 Å². The Labute approximate surface area is 107 Å². The first-order valence-corrected chi connectivity index (χ1v) is 6.86. The van der Waals surface area contributed by atoms with Crippen LogP contribution in [0.5, 0.6) is 0 Å². The molecule has 6 heteroatoms. The summed E-state index contributed by atoms with van der Waals surface area (Å²) in [4.78, 5) is 21.8. The summed E-state index contributed by atoms with van der Waals surface area (Å²) in [6.45, 7) is 1.50. The van der Waals surface area contributed by atoms with E-state index in [0.717, 1.165) is 0 Å². The quantitative estimate of drug-likeness (QED) is 0.796. The number of carboxylic acid groups (broad SMARTS) is 1. The molecule has 5 nitrogen and oxygen atoms in total. The number of amides is 1. The van der Waals surface area contributed by atoms with E-state index in [1.165, 1.54) is 6.92 Å². The van der Waals surface area contributed by atoms with Crippen molar-refractivity contribution in [2.75, 3.05) is 5.75 Å². The van der Waals surface area contributed by atoms with Gasteiger partial charge in [0.05, 0.1) is 5.92 Å². The topological polar surface area (TPSA) is 97.5 Å². The van der Waals surface area contributed by atoms with E-state index >= 15 is 0 Å². The summed E-state index contributed by atoms with van der Waals surface area (Å²) >= 11 is 0. The molecule has 0 saturated heterocycles. The Kier molecular flexibility index (Phi) is 5.03. The second-order valence-electron chi connectivity index (χ2n) is 4.01. The van der Waals surface area contributed by atoms with Gasteiger partial charge in [-0.2, -0.15) is 0 Å². The molecule has 18 heavy (non-hydrogen) atoms. The van der Waals surface area contributed by atoms with Gasteiger partial charge in [-0.25, -0.2) is 0 Å². The summed E-state index contributed by atoms with van der Waals surface area (Å²) in [7, 11) is -1.34. The van der Waals surface area contributed by atoms with Crippen molar-refractivity contribution in [3.05, 3.63) is 35.4 Å². The number of aliphatic carboxylic acids is 1. The fourth-order valence-corrected chi connectivity index (χ4v) is 2.89. The van der Waals surface area contributed by atoms with Gasteiger partial charge in [0.15, 0.2) is 0 Å². The molecule has 0 radical (unpaired) electrons. The molecule has 98 valence electrons. The molecule has 0 aromatic heterocycles. The highest BCUT2D eigenvalue weighted by atomic mass is 32.2. The van der Waals surface area contributed by atoms with E-state index in [4.69, 9.17) is 10.8 Å². The van der Waals surface area contributed by atoms with Crippen LogP contribution in [0.2, 0.25) is 0 Å². The van der Waals surface area contributed by atoms with E-state index in [-0.39, 0.29) is 11.5 Å². The predicted molar refractivity (Wildman–Crippen MR) is 68.5 cm³/mol. The highest BCUT2D eigenvalue weighted by Gasteiger charge is 2.16. The molecule has 1 amide bonds. The number of carboxylic acids is 1. The molecule has 0 aliphatic rings. The number of hydrogen-bond donors (Lipinski definition) is 2. The Bertz CT molecular complexity index is 487. The minimum absolute atomic E-state index is 0.0580. The smallest absolute Gasteiger partial charge is 0.307 e. The lowest BCUT2D eigenvalue weighted by Crippen LogP contribution is -2.19. The molecule has 0 aliphatic carbocycles. The number of carbonyl (C=O) groups excluding carboxylic acids is 1. The fourth-order valence-electron chi connectivity index (χ4n) is 1.47. The van der Waals surface area contributed by atoms with Crippen LogP contribution in [0, 0.1) is 5.92 Å². The molecule has 2 unspecified atom stereocenters. The Hall–Kier alpha value is -1.69. The highest BCUT2D eigenvalue weighted by molar-refractivity contribution is 7.84. The summed E-state index contributed by atoms with van der Waals surface area (Å²) in [6, 6.07) is 6.63. The van der Waals surface area contributed by atoms with Crippen molar-refractivity contribution in [3.8, 4) is 0 Å². The number of nitrogens with two attached hydrogens (primary N) is 1. The summed E-state index contributed by atoms with van der Waals surface area (Å²) in [5, 5.41) is 8.73. The van der Waals surface area contributed by atoms with Crippen LogP contribution >= 0.6 is 0 Å². The van der Waals surface area contributed by atoms with Crippen molar-refractivity contribution in [1.82, 2.24) is 0 Å². The third-order valence-electron chi connectivity index (χ3n) is 2.46. The molecule has 1 rings (SSSR count). The highest BCUT2D eigenvalue weighted by Crippen LogP contribution is 2.12. The average molecular weight is 269 g/mol. The van der Waals surface area contributed by atoms with Crippen LogP contribution in [0.4, 0.5) is 0 Å². The zero-order chi connectivity index (χ0) is 13.7. The molecule has 0 fully saturated rings. The third-order valence-corrected chi connectivity index (χ3v) is 3.96. The Morgan fingerprint density at radius 3 is 2.56 bits per heavy atom. The maximum atomic E-state index is 11.8. The van der Waals surface area contributed by atoms with Crippen LogP contribution in [-0.2, 0) is 21.3 Å². The second kappa shape index (κ2) is 6.30. The van der Waals surface area contributed by atoms with Gasteiger partial charge in [-0.3, -0.25) is 13.8 Å². The van der Waals surface area contributed by atoms with E-state index in [1.54, 1.807) is 24.3 Å². The maximum Gasteiger partial charge on any atom is 0.307 e. The minimum Gasteiger partial charge on any atom is -0.481 e. The lowest BCUT2D eigenvalue weighted by Gasteiger charge is -2.08. The van der Waals surface area contributed by atoms with Crippen molar-refractivity contribution in [3.63, 3.8) is 0 Å². The molecule has 2 atom stereocenters. The first-order valence-electron chi connectivity index (χ1n) is 5.37. The normalized spacial score (nSPS) is 13.8. The number of rotatable bonds is 6. The van der Waals surface area contributed by atoms with Gasteiger partial charge in [-0.15, -0.1) is 0 Å². The molecule has 0 saturated carbocycles. The minimum atomic E-state index is -1.34. The molecule has 1 aromatic carbocycles. The van der Waals surface area contributed by atoms with Crippen LogP contribution in [-0.4, -0.2) is 26.9 Å². The summed E-state index contributed by atoms with van der Waals surface area (Å²) in [5.74, 6) is -2.04. The van der Waals surface area contributed by atoms with Gasteiger partial charge in [-0.1, -0.05) is 25.1 Å². The molecule has 0 spiro atoms. The van der Waals surface area contributed by atoms with E-state index in [1.807, 2.05) is 0 Å². The number of primary amides is 1. The first kappa shape index (κ1) is 14.4. The van der Waals surface area contributed by atoms with Gasteiger partial charge in [0, 0.05) is 27.9 Å². The number of benzene rings is 1. The second-order valence-corrected chi connectivity index (χ2v) is 5.51. The van der Waals surface area contributed by atoms with E-state index in [2.05, 4.69) is 0 Å².